The minimum atomic E-state index is -1.42. The molecule has 0 heterocycles. The van der Waals surface area contributed by atoms with E-state index < -0.39 is 29.8 Å². The summed E-state index contributed by atoms with van der Waals surface area (Å²) in [5, 5.41) is 13.8. The van der Waals surface area contributed by atoms with Gasteiger partial charge in [-0.05, 0) is 71.7 Å². The largest absolute Gasteiger partial charge is 1.00 e. The molecule has 0 radical (unpaired) electrons. The smallest absolute Gasteiger partial charge is 0.228 e. The van der Waals surface area contributed by atoms with Gasteiger partial charge in [0.25, 0.3) is 0 Å². The fraction of sp³-hybridized carbons (Fsp3) is 0.395. The first kappa shape index (κ1) is 39.1. The summed E-state index contributed by atoms with van der Waals surface area (Å²) >= 11 is 0. The van der Waals surface area contributed by atoms with Crippen LogP contribution in [0.2, 0.25) is 0 Å². The number of halogens is 1. The molecule has 1 aliphatic carbocycles. The van der Waals surface area contributed by atoms with E-state index in [0.717, 1.165) is 16.7 Å². The van der Waals surface area contributed by atoms with Gasteiger partial charge in [-0.25, -0.2) is 0 Å². The van der Waals surface area contributed by atoms with E-state index in [1.807, 2.05) is 56.3 Å². The molecule has 1 aliphatic rings. The average molecular weight is 694 g/mol. The minimum absolute atomic E-state index is 0. The molecule has 10 nitrogen and oxygen atoms in total. The second kappa shape index (κ2) is 17.9. The molecular weight excluding hydrogens is 648 g/mol. The third-order valence-corrected chi connectivity index (χ3v) is 8.54. The van der Waals surface area contributed by atoms with Crippen LogP contribution in [-0.4, -0.2) is 63.2 Å². The van der Waals surface area contributed by atoms with Crippen molar-refractivity contribution in [1.82, 2.24) is 0 Å². The number of fused-ring (bicyclic) bond motifs is 1. The predicted octanol–water partition coefficient (Wildman–Crippen LogP) is 2.16. The number of nitrogens with one attached hydrogen (secondary N) is 1. The summed E-state index contributed by atoms with van der Waals surface area (Å²) in [5.74, 6) is 0.185. The number of Topliss-reactive ketones (excluding diaryl/α,β-unsaturated/α-hetero) is 1. The van der Waals surface area contributed by atoms with Gasteiger partial charge < -0.3 is 47.5 Å². The lowest BCUT2D eigenvalue weighted by Gasteiger charge is -2.23. The van der Waals surface area contributed by atoms with E-state index in [9.17, 15) is 19.5 Å². The zero-order valence-corrected chi connectivity index (χ0v) is 29.6. The van der Waals surface area contributed by atoms with Crippen molar-refractivity contribution in [3.63, 3.8) is 0 Å². The first-order chi connectivity index (χ1) is 23.0. The number of ether oxygens (including phenoxy) is 4. The van der Waals surface area contributed by atoms with Crippen molar-refractivity contribution in [3.05, 3.63) is 82.9 Å². The lowest BCUT2D eigenvalue weighted by atomic mass is 9.88. The molecule has 0 saturated carbocycles. The van der Waals surface area contributed by atoms with Crippen LogP contribution in [0.5, 0.6) is 23.0 Å². The molecule has 0 spiro atoms. The van der Waals surface area contributed by atoms with E-state index in [1.165, 1.54) is 21.3 Å². The molecule has 3 aromatic rings. The quantitative estimate of drug-likeness (QED) is 0.218. The van der Waals surface area contributed by atoms with Crippen LogP contribution in [0.1, 0.15) is 55.4 Å². The molecule has 0 aliphatic heterocycles. The molecule has 264 valence electrons. The van der Waals surface area contributed by atoms with Gasteiger partial charge in [0.15, 0.2) is 23.1 Å². The predicted molar refractivity (Wildman–Crippen MR) is 185 cm³/mol. The van der Waals surface area contributed by atoms with Gasteiger partial charge >= 0.3 is 0 Å². The van der Waals surface area contributed by atoms with E-state index >= 15 is 0 Å². The summed E-state index contributed by atoms with van der Waals surface area (Å²) in [6.07, 6.45) is 1.43. The summed E-state index contributed by atoms with van der Waals surface area (Å²) in [6, 6.07) is 15.7. The Morgan fingerprint density at radius 3 is 2.18 bits per heavy atom. The van der Waals surface area contributed by atoms with Crippen LogP contribution in [0.3, 0.4) is 0 Å². The Morgan fingerprint density at radius 1 is 0.898 bits per heavy atom. The Balaban J connectivity index is 0.00000650. The van der Waals surface area contributed by atoms with Crippen molar-refractivity contribution in [2.75, 3.05) is 33.8 Å². The Kier molecular flexibility index (Phi) is 14.2. The van der Waals surface area contributed by atoms with Gasteiger partial charge in [-0.2, -0.15) is 0 Å². The summed E-state index contributed by atoms with van der Waals surface area (Å²) < 4.78 is 22.5. The van der Waals surface area contributed by atoms with Crippen LogP contribution in [-0.2, 0) is 27.2 Å². The molecule has 0 saturated heterocycles. The molecule has 11 heteroatoms. The summed E-state index contributed by atoms with van der Waals surface area (Å²) in [6.45, 7) is 3.93. The third kappa shape index (κ3) is 9.41. The highest BCUT2D eigenvalue weighted by Gasteiger charge is 2.31. The fourth-order valence-electron chi connectivity index (χ4n) is 6.16. The number of amides is 1. The lowest BCUT2D eigenvalue weighted by Crippen LogP contribution is -3.00. The zero-order valence-electron chi connectivity index (χ0n) is 28.9. The highest BCUT2D eigenvalue weighted by atomic mass is 35.5. The topological polar surface area (TPSA) is 146 Å². The van der Waals surface area contributed by atoms with Gasteiger partial charge in [-0.3, -0.25) is 14.4 Å². The summed E-state index contributed by atoms with van der Waals surface area (Å²) in [5.41, 5.74) is 10.3. The third-order valence-electron chi connectivity index (χ3n) is 8.54. The van der Waals surface area contributed by atoms with Crippen LogP contribution in [0.25, 0.3) is 5.57 Å². The minimum Gasteiger partial charge on any atom is -1.00 e. The van der Waals surface area contributed by atoms with Gasteiger partial charge in [0.1, 0.15) is 11.9 Å². The Morgan fingerprint density at radius 2 is 1.57 bits per heavy atom. The Bertz CT molecular complexity index is 1660. The number of hydrogen-bond acceptors (Lipinski definition) is 9. The van der Waals surface area contributed by atoms with Crippen LogP contribution < -0.4 is 42.4 Å². The Labute approximate surface area is 294 Å². The number of carbonyl (C=O) groups excluding carboxylic acids is 3. The molecule has 49 heavy (non-hydrogen) atoms. The van der Waals surface area contributed by atoms with Crippen molar-refractivity contribution in [2.45, 2.75) is 58.1 Å². The first-order valence-electron chi connectivity index (χ1n) is 16.1. The highest BCUT2D eigenvalue weighted by molar-refractivity contribution is 6.04. The second-order valence-electron chi connectivity index (χ2n) is 12.4. The number of rotatable bonds is 15. The SMILES string of the molecule is COc1ccc(C2=CC(=O)CCc3c2cc(OC)c(OC)c3OC)cc1NC(=O)C(CC(=O)C(O)C(N)Cc1ccccc1)CC(C)C.[Cl-]. The number of benzene rings is 3. The maximum Gasteiger partial charge on any atom is 0.228 e. The maximum atomic E-state index is 13.8. The molecule has 3 aromatic carbocycles. The summed E-state index contributed by atoms with van der Waals surface area (Å²) in [7, 11) is 6.10. The maximum absolute atomic E-state index is 13.8. The molecule has 0 aromatic heterocycles. The normalized spacial score (nSPS) is 14.3. The van der Waals surface area contributed by atoms with E-state index in [0.29, 0.717) is 59.1 Å². The number of allylic oxidation sites excluding steroid dienone is 1. The molecule has 0 fully saturated rings. The van der Waals surface area contributed by atoms with Crippen LogP contribution in [0.15, 0.2) is 60.7 Å². The van der Waals surface area contributed by atoms with Crippen LogP contribution in [0, 0.1) is 11.8 Å². The molecule has 1 amide bonds. The zero-order chi connectivity index (χ0) is 35.0. The van der Waals surface area contributed by atoms with E-state index in [-0.39, 0.29) is 36.9 Å². The Hall–Kier alpha value is -4.38. The summed E-state index contributed by atoms with van der Waals surface area (Å²) in [4.78, 5) is 40.0. The fourth-order valence-corrected chi connectivity index (χ4v) is 6.16. The lowest BCUT2D eigenvalue weighted by molar-refractivity contribution is -0.132. The molecular formula is C38H46ClN2O8-. The molecule has 3 atom stereocenters. The van der Waals surface area contributed by atoms with Crippen molar-refractivity contribution in [3.8, 4) is 23.0 Å². The van der Waals surface area contributed by atoms with Crippen molar-refractivity contribution in [1.29, 1.82) is 0 Å². The van der Waals surface area contributed by atoms with Crippen molar-refractivity contribution < 1.29 is 50.8 Å². The van der Waals surface area contributed by atoms with Gasteiger partial charge in [0, 0.05) is 30.4 Å². The number of anilines is 1. The molecule has 4 N–H and O–H groups in total. The van der Waals surface area contributed by atoms with E-state index in [4.69, 9.17) is 24.7 Å². The number of carbonyl (C=O) groups is 3. The first-order valence-corrected chi connectivity index (χ1v) is 16.1. The number of aliphatic hydroxyl groups is 1. The van der Waals surface area contributed by atoms with Crippen LogP contribution >= 0.6 is 0 Å². The van der Waals surface area contributed by atoms with Crippen LogP contribution in [0.4, 0.5) is 5.69 Å². The average Bonchev–Trinajstić information content (AvgIpc) is 3.24. The number of methoxy groups -OCH3 is 4. The van der Waals surface area contributed by atoms with Crippen molar-refractivity contribution >= 4 is 28.7 Å². The second-order valence-corrected chi connectivity index (χ2v) is 12.4. The van der Waals surface area contributed by atoms with E-state index in [2.05, 4.69) is 5.32 Å². The number of aliphatic hydroxyl groups excluding tert-OH is 1. The monoisotopic (exact) mass is 693 g/mol. The van der Waals surface area contributed by atoms with Gasteiger partial charge in [0.2, 0.25) is 11.7 Å². The number of hydrogen-bond donors (Lipinski definition) is 3. The standard InChI is InChI=1S/C38H46N2O8.ClH/c1-22(2)16-25(19-32(42)35(43)30(39)17-23-10-8-7-9-11-23)38(44)40-31-18-24(12-15-33(31)45-3)28-20-26(41)13-14-27-29(28)21-34(46-4)37(48-6)36(27)47-5;/h7-12,15,18,20-22,25,30,35,43H,13-14,16-17,19,39H2,1-6H3,(H,40,44);1H/p-1. The van der Waals surface area contributed by atoms with Crippen molar-refractivity contribution in [2.24, 2.45) is 17.6 Å². The highest BCUT2D eigenvalue weighted by Crippen LogP contribution is 2.47. The van der Waals surface area contributed by atoms with Gasteiger partial charge in [0.05, 0.1) is 34.1 Å². The van der Waals surface area contributed by atoms with Gasteiger partial charge in [-0.15, -0.1) is 0 Å². The number of nitrogens with two attached hydrogens (primary N) is 1. The molecule has 0 bridgehead atoms. The molecule has 4 rings (SSSR count). The molecule has 3 unspecified atom stereocenters. The van der Waals surface area contributed by atoms with Gasteiger partial charge in [-0.1, -0.05) is 50.2 Å². The number of ketones is 2. The van der Waals surface area contributed by atoms with E-state index in [1.54, 1.807) is 25.3 Å².